The van der Waals surface area contributed by atoms with E-state index < -0.39 is 0 Å². The highest BCUT2D eigenvalue weighted by molar-refractivity contribution is 5.21. The van der Waals surface area contributed by atoms with Crippen LogP contribution in [0.25, 0.3) is 0 Å². The summed E-state index contributed by atoms with van der Waals surface area (Å²) in [6.45, 7) is 13.4. The summed E-state index contributed by atoms with van der Waals surface area (Å²) in [5.41, 5.74) is 2.81. The Morgan fingerprint density at radius 1 is 1.05 bits per heavy atom. The lowest BCUT2D eigenvalue weighted by Crippen LogP contribution is -2.55. The van der Waals surface area contributed by atoms with Gasteiger partial charge in [-0.25, -0.2) is 0 Å². The molecule has 1 heterocycles. The van der Waals surface area contributed by atoms with Crippen LogP contribution >= 0.6 is 0 Å². The molecule has 1 atom stereocenters. The van der Waals surface area contributed by atoms with Gasteiger partial charge in [0.1, 0.15) is 0 Å². The molecule has 1 aliphatic carbocycles. The van der Waals surface area contributed by atoms with Crippen LogP contribution in [0.1, 0.15) is 51.2 Å². The number of piperazine rings is 1. The van der Waals surface area contributed by atoms with E-state index in [1.165, 1.54) is 50.0 Å². The molecule has 21 heavy (non-hydrogen) atoms. The molecule has 1 saturated heterocycles. The van der Waals surface area contributed by atoms with Crippen molar-refractivity contribution in [3.8, 4) is 0 Å². The van der Waals surface area contributed by atoms with Crippen molar-refractivity contribution in [1.29, 1.82) is 0 Å². The maximum Gasteiger partial charge on any atom is 0.0237 e. The first kappa shape index (κ1) is 16.5. The lowest BCUT2D eigenvalue weighted by atomic mass is 9.90. The standard InChI is InChI=1S/C17H26N2.C2H6/c1-14-6-8-16(9-7-14)13-18-10-11-19(12-15(18)2)17-4-3-5-17;1-2/h6-9,15,17H,3-5,10-13H2,1-2H3;1-2H3. The lowest BCUT2D eigenvalue weighted by molar-refractivity contribution is 0.0261. The van der Waals surface area contributed by atoms with Gasteiger partial charge in [0.05, 0.1) is 0 Å². The second kappa shape index (κ2) is 7.95. The normalized spacial score (nSPS) is 24.1. The molecule has 1 unspecified atom stereocenters. The van der Waals surface area contributed by atoms with E-state index in [9.17, 15) is 0 Å². The maximum atomic E-state index is 2.72. The summed E-state index contributed by atoms with van der Waals surface area (Å²) in [7, 11) is 0. The van der Waals surface area contributed by atoms with Crippen molar-refractivity contribution in [3.05, 3.63) is 35.4 Å². The zero-order valence-corrected chi connectivity index (χ0v) is 14.3. The van der Waals surface area contributed by atoms with Gasteiger partial charge in [0, 0.05) is 38.3 Å². The molecule has 1 aromatic rings. The van der Waals surface area contributed by atoms with Crippen molar-refractivity contribution in [1.82, 2.24) is 9.80 Å². The molecule has 0 amide bonds. The minimum absolute atomic E-state index is 0.690. The second-order valence-electron chi connectivity index (χ2n) is 6.38. The number of nitrogens with zero attached hydrogens (tertiary/aromatic N) is 2. The Morgan fingerprint density at radius 3 is 2.24 bits per heavy atom. The van der Waals surface area contributed by atoms with Gasteiger partial charge in [0.25, 0.3) is 0 Å². The van der Waals surface area contributed by atoms with E-state index in [0.717, 1.165) is 12.6 Å². The topological polar surface area (TPSA) is 6.48 Å². The number of rotatable bonds is 3. The zero-order valence-electron chi connectivity index (χ0n) is 14.3. The third kappa shape index (κ3) is 4.31. The van der Waals surface area contributed by atoms with Crippen LogP contribution in [0.5, 0.6) is 0 Å². The van der Waals surface area contributed by atoms with Crippen molar-refractivity contribution < 1.29 is 0 Å². The number of benzene rings is 1. The Kier molecular flexibility index (Phi) is 6.25. The third-order valence-corrected chi connectivity index (χ3v) is 4.89. The fourth-order valence-electron chi connectivity index (χ4n) is 3.27. The van der Waals surface area contributed by atoms with Crippen LogP contribution in [0.4, 0.5) is 0 Å². The van der Waals surface area contributed by atoms with Crippen molar-refractivity contribution in [2.45, 2.75) is 65.6 Å². The van der Waals surface area contributed by atoms with Crippen LogP contribution in [0.15, 0.2) is 24.3 Å². The van der Waals surface area contributed by atoms with Gasteiger partial charge in [-0.3, -0.25) is 9.80 Å². The number of aryl methyl sites for hydroxylation is 1. The highest BCUT2D eigenvalue weighted by Gasteiger charge is 2.31. The van der Waals surface area contributed by atoms with Crippen LogP contribution in [-0.4, -0.2) is 41.5 Å². The summed E-state index contributed by atoms with van der Waals surface area (Å²) in [6.07, 6.45) is 4.32. The van der Waals surface area contributed by atoms with Gasteiger partial charge in [-0.15, -0.1) is 0 Å². The highest BCUT2D eigenvalue weighted by Crippen LogP contribution is 2.27. The molecule has 2 aliphatic rings. The Morgan fingerprint density at radius 2 is 1.71 bits per heavy atom. The average molecular weight is 288 g/mol. The summed E-state index contributed by atoms with van der Waals surface area (Å²) < 4.78 is 0. The minimum Gasteiger partial charge on any atom is -0.298 e. The average Bonchev–Trinajstić information content (AvgIpc) is 2.44. The van der Waals surface area contributed by atoms with Gasteiger partial charge < -0.3 is 0 Å². The molecular formula is C19H32N2. The molecule has 118 valence electrons. The Hall–Kier alpha value is -0.860. The van der Waals surface area contributed by atoms with E-state index in [1.807, 2.05) is 13.8 Å². The van der Waals surface area contributed by atoms with E-state index in [4.69, 9.17) is 0 Å². The Bertz CT molecular complexity index is 408. The summed E-state index contributed by atoms with van der Waals surface area (Å²) in [5.74, 6) is 0. The summed E-state index contributed by atoms with van der Waals surface area (Å²) >= 11 is 0. The van der Waals surface area contributed by atoms with Crippen molar-refractivity contribution in [2.24, 2.45) is 0 Å². The zero-order chi connectivity index (χ0) is 15.2. The highest BCUT2D eigenvalue weighted by atomic mass is 15.3. The van der Waals surface area contributed by atoms with Gasteiger partial charge >= 0.3 is 0 Å². The summed E-state index contributed by atoms with van der Waals surface area (Å²) in [5, 5.41) is 0. The first-order chi connectivity index (χ1) is 10.2. The molecule has 3 rings (SSSR count). The van der Waals surface area contributed by atoms with Crippen LogP contribution < -0.4 is 0 Å². The van der Waals surface area contributed by atoms with Gasteiger partial charge in [-0.1, -0.05) is 50.1 Å². The maximum absolute atomic E-state index is 2.72. The monoisotopic (exact) mass is 288 g/mol. The third-order valence-electron chi connectivity index (χ3n) is 4.89. The quantitative estimate of drug-likeness (QED) is 0.827. The van der Waals surface area contributed by atoms with Crippen molar-refractivity contribution >= 4 is 0 Å². The first-order valence-corrected chi connectivity index (χ1v) is 8.76. The van der Waals surface area contributed by atoms with Gasteiger partial charge in [-0.2, -0.15) is 0 Å². The molecule has 2 fully saturated rings. The second-order valence-corrected chi connectivity index (χ2v) is 6.38. The molecular weight excluding hydrogens is 256 g/mol. The van der Waals surface area contributed by atoms with Crippen LogP contribution in [-0.2, 0) is 6.54 Å². The molecule has 0 N–H and O–H groups in total. The number of hydrogen-bond donors (Lipinski definition) is 0. The molecule has 2 heteroatoms. The molecule has 2 nitrogen and oxygen atoms in total. The fourth-order valence-corrected chi connectivity index (χ4v) is 3.27. The van der Waals surface area contributed by atoms with Crippen LogP contribution in [0.3, 0.4) is 0 Å². The van der Waals surface area contributed by atoms with Gasteiger partial charge in [0.2, 0.25) is 0 Å². The number of hydrogen-bond acceptors (Lipinski definition) is 2. The van der Waals surface area contributed by atoms with E-state index in [2.05, 4.69) is 47.9 Å². The summed E-state index contributed by atoms with van der Waals surface area (Å²) in [6, 6.07) is 10.6. The van der Waals surface area contributed by atoms with Crippen molar-refractivity contribution in [3.63, 3.8) is 0 Å². The largest absolute Gasteiger partial charge is 0.298 e. The molecule has 1 aliphatic heterocycles. The smallest absolute Gasteiger partial charge is 0.0237 e. The van der Waals surface area contributed by atoms with Crippen LogP contribution in [0, 0.1) is 6.92 Å². The SMILES string of the molecule is CC.Cc1ccc(CN2CCN(C3CCC3)CC2C)cc1. The van der Waals surface area contributed by atoms with Crippen LogP contribution in [0.2, 0.25) is 0 Å². The van der Waals surface area contributed by atoms with E-state index in [0.29, 0.717) is 6.04 Å². The Labute approximate surface area is 131 Å². The molecule has 0 bridgehead atoms. The minimum atomic E-state index is 0.690. The lowest BCUT2D eigenvalue weighted by Gasteiger charge is -2.46. The van der Waals surface area contributed by atoms with Gasteiger partial charge in [0.15, 0.2) is 0 Å². The summed E-state index contributed by atoms with van der Waals surface area (Å²) in [4.78, 5) is 5.36. The molecule has 0 spiro atoms. The predicted octanol–water partition coefficient (Wildman–Crippen LogP) is 4.08. The van der Waals surface area contributed by atoms with E-state index >= 15 is 0 Å². The fraction of sp³-hybridized carbons (Fsp3) is 0.684. The molecule has 1 aromatic carbocycles. The predicted molar refractivity (Wildman–Crippen MR) is 91.6 cm³/mol. The van der Waals surface area contributed by atoms with E-state index in [-0.39, 0.29) is 0 Å². The molecule has 1 saturated carbocycles. The van der Waals surface area contributed by atoms with Gasteiger partial charge in [-0.05, 0) is 32.3 Å². The van der Waals surface area contributed by atoms with E-state index in [1.54, 1.807) is 0 Å². The Balaban J connectivity index is 0.000000774. The molecule has 0 radical (unpaired) electrons. The molecule has 0 aromatic heterocycles. The first-order valence-electron chi connectivity index (χ1n) is 8.76. The van der Waals surface area contributed by atoms with Crippen molar-refractivity contribution in [2.75, 3.05) is 19.6 Å².